The third kappa shape index (κ3) is 3.41. The van der Waals surface area contributed by atoms with E-state index in [2.05, 4.69) is 72.2 Å². The maximum atomic E-state index is 9.61. The maximum absolute atomic E-state index is 9.61. The molecule has 0 radical (unpaired) electrons. The smallest absolute Gasteiger partial charge is 0.0558 e. The van der Waals surface area contributed by atoms with Crippen LogP contribution in [0.1, 0.15) is 74.7 Å². The highest BCUT2D eigenvalue weighted by molar-refractivity contribution is 5.09. The second-order valence-electron chi connectivity index (χ2n) is 11.0. The van der Waals surface area contributed by atoms with E-state index >= 15 is 0 Å². The molecule has 0 aliphatic carbocycles. The lowest BCUT2D eigenvalue weighted by molar-refractivity contribution is -0.0127. The summed E-state index contributed by atoms with van der Waals surface area (Å²) in [6.07, 6.45) is 3.77. The summed E-state index contributed by atoms with van der Waals surface area (Å²) in [6, 6.07) is 0. The van der Waals surface area contributed by atoms with Crippen LogP contribution in [0.5, 0.6) is 0 Å². The minimum absolute atomic E-state index is 0.181. The Morgan fingerprint density at radius 1 is 1.12 bits per heavy atom. The Bertz CT molecular complexity index is 469. The van der Waals surface area contributed by atoms with Gasteiger partial charge in [0, 0.05) is 17.6 Å². The molecule has 2 aliphatic rings. The highest BCUT2D eigenvalue weighted by Crippen LogP contribution is 2.55. The van der Waals surface area contributed by atoms with Crippen molar-refractivity contribution in [2.24, 2.45) is 22.7 Å². The number of aliphatic hydroxyl groups excluding tert-OH is 1. The third-order valence-electron chi connectivity index (χ3n) is 8.70. The molecular weight excluding hydrogens is 308 g/mol. The first kappa shape index (κ1) is 21.2. The van der Waals surface area contributed by atoms with Gasteiger partial charge in [0.25, 0.3) is 0 Å². The van der Waals surface area contributed by atoms with E-state index in [0.29, 0.717) is 22.7 Å². The molecule has 3 nitrogen and oxygen atoms in total. The summed E-state index contributed by atoms with van der Waals surface area (Å²) in [4.78, 5) is 5.14. The average molecular weight is 353 g/mol. The number of aliphatic hydroxyl groups is 1. The number of hydrogen-bond donors (Lipinski definition) is 1. The average Bonchev–Trinajstić information content (AvgIpc) is 2.90. The Kier molecular flexibility index (Phi) is 5.76. The zero-order chi connectivity index (χ0) is 19.3. The molecule has 0 aromatic carbocycles. The first-order valence-electron chi connectivity index (χ1n) is 10.4. The summed E-state index contributed by atoms with van der Waals surface area (Å²) >= 11 is 0. The predicted molar refractivity (Wildman–Crippen MR) is 108 cm³/mol. The second kappa shape index (κ2) is 6.80. The van der Waals surface area contributed by atoms with Gasteiger partial charge in [-0.05, 0) is 82.8 Å². The Labute approximate surface area is 157 Å². The fourth-order valence-corrected chi connectivity index (χ4v) is 6.31. The summed E-state index contributed by atoms with van der Waals surface area (Å²) in [5, 5.41) is 9.61. The van der Waals surface area contributed by atoms with Crippen LogP contribution in [-0.2, 0) is 0 Å². The molecule has 1 N–H and O–H groups in total. The second-order valence-corrected chi connectivity index (χ2v) is 11.0. The molecule has 25 heavy (non-hydrogen) atoms. The molecule has 0 aromatic heterocycles. The minimum Gasteiger partial charge on any atom is -0.395 e. The van der Waals surface area contributed by atoms with Crippen LogP contribution in [0.15, 0.2) is 0 Å². The van der Waals surface area contributed by atoms with Gasteiger partial charge in [0.1, 0.15) is 0 Å². The van der Waals surface area contributed by atoms with Gasteiger partial charge in [-0.1, -0.05) is 34.6 Å². The lowest BCUT2D eigenvalue weighted by Crippen LogP contribution is -2.55. The standard InChI is InChI=1S/C22H44N2O/c1-17(21(7)11-13-23(9)20(21,5)6)16-22(8)18(19(2,3)4)10-12-24(22)14-15-25/h17-18,25H,10-16H2,1-9H3. The van der Waals surface area contributed by atoms with Crippen molar-refractivity contribution in [1.82, 2.24) is 9.80 Å². The molecule has 3 heteroatoms. The Morgan fingerprint density at radius 3 is 2.16 bits per heavy atom. The van der Waals surface area contributed by atoms with Crippen LogP contribution >= 0.6 is 0 Å². The van der Waals surface area contributed by atoms with E-state index in [0.717, 1.165) is 13.1 Å². The van der Waals surface area contributed by atoms with Gasteiger partial charge in [-0.3, -0.25) is 4.90 Å². The molecule has 0 aromatic rings. The van der Waals surface area contributed by atoms with Crippen molar-refractivity contribution in [1.29, 1.82) is 0 Å². The van der Waals surface area contributed by atoms with Gasteiger partial charge in [0.05, 0.1) is 6.61 Å². The van der Waals surface area contributed by atoms with Crippen LogP contribution in [0.2, 0.25) is 0 Å². The van der Waals surface area contributed by atoms with Gasteiger partial charge in [-0.2, -0.15) is 0 Å². The first-order chi connectivity index (χ1) is 11.3. The molecule has 4 atom stereocenters. The number of nitrogens with zero attached hydrogens (tertiary/aromatic N) is 2. The number of likely N-dealkylation sites (tertiary alicyclic amines) is 2. The monoisotopic (exact) mass is 352 g/mol. The summed E-state index contributed by atoms with van der Waals surface area (Å²) in [5.41, 5.74) is 1.06. The van der Waals surface area contributed by atoms with E-state index in [4.69, 9.17) is 0 Å². The van der Waals surface area contributed by atoms with Gasteiger partial charge < -0.3 is 10.0 Å². The van der Waals surface area contributed by atoms with Crippen molar-refractivity contribution in [3.63, 3.8) is 0 Å². The lowest BCUT2D eigenvalue weighted by atomic mass is 9.59. The maximum Gasteiger partial charge on any atom is 0.0558 e. The van der Waals surface area contributed by atoms with Crippen LogP contribution in [0, 0.1) is 22.7 Å². The Hall–Kier alpha value is -0.120. The molecular formula is C22H44N2O. The van der Waals surface area contributed by atoms with E-state index in [1.54, 1.807) is 0 Å². The number of β-amino-alcohol motifs (C(OH)–C–C–N with tert-alkyl or cyclic N) is 1. The molecule has 2 rings (SSSR count). The van der Waals surface area contributed by atoms with Crippen LogP contribution < -0.4 is 0 Å². The summed E-state index contributed by atoms with van der Waals surface area (Å²) in [7, 11) is 2.28. The highest BCUT2D eigenvalue weighted by atomic mass is 16.3. The van der Waals surface area contributed by atoms with Crippen molar-refractivity contribution in [2.45, 2.75) is 85.7 Å². The quantitative estimate of drug-likeness (QED) is 0.801. The lowest BCUT2D eigenvalue weighted by Gasteiger charge is -2.51. The molecule has 4 unspecified atom stereocenters. The Balaban J connectivity index is 2.30. The molecule has 0 saturated carbocycles. The van der Waals surface area contributed by atoms with Crippen LogP contribution in [0.4, 0.5) is 0 Å². The van der Waals surface area contributed by atoms with Gasteiger partial charge in [-0.15, -0.1) is 0 Å². The van der Waals surface area contributed by atoms with E-state index < -0.39 is 0 Å². The van der Waals surface area contributed by atoms with Crippen molar-refractivity contribution >= 4 is 0 Å². The van der Waals surface area contributed by atoms with Crippen LogP contribution in [0.25, 0.3) is 0 Å². The molecule has 2 aliphatic heterocycles. The van der Waals surface area contributed by atoms with Gasteiger partial charge in [0.2, 0.25) is 0 Å². The fraction of sp³-hybridized carbons (Fsp3) is 1.00. The summed E-state index contributed by atoms with van der Waals surface area (Å²) < 4.78 is 0. The van der Waals surface area contributed by atoms with Crippen LogP contribution in [-0.4, -0.2) is 59.3 Å². The van der Waals surface area contributed by atoms with Crippen molar-refractivity contribution in [2.75, 3.05) is 33.3 Å². The van der Waals surface area contributed by atoms with Crippen LogP contribution in [0.3, 0.4) is 0 Å². The first-order valence-corrected chi connectivity index (χ1v) is 10.4. The van der Waals surface area contributed by atoms with E-state index in [1.807, 2.05) is 0 Å². The SMILES string of the molecule is CC(CC1(C)C(C(C)(C)C)CCN1CCO)C1(C)CCN(C)C1(C)C. The molecule has 0 bridgehead atoms. The number of rotatable bonds is 5. The molecule has 0 amide bonds. The molecule has 148 valence electrons. The minimum atomic E-state index is 0.181. The van der Waals surface area contributed by atoms with Gasteiger partial charge in [-0.25, -0.2) is 0 Å². The molecule has 2 saturated heterocycles. The normalized spacial score (nSPS) is 38.4. The largest absolute Gasteiger partial charge is 0.395 e. The summed E-state index contributed by atoms with van der Waals surface area (Å²) in [6.45, 7) is 23.0. The zero-order valence-corrected chi connectivity index (χ0v) is 18.4. The summed E-state index contributed by atoms with van der Waals surface area (Å²) in [5.74, 6) is 1.33. The number of hydrogen-bond acceptors (Lipinski definition) is 3. The highest BCUT2D eigenvalue weighted by Gasteiger charge is 2.56. The van der Waals surface area contributed by atoms with E-state index in [-0.39, 0.29) is 17.7 Å². The van der Waals surface area contributed by atoms with Crippen molar-refractivity contribution in [3.05, 3.63) is 0 Å². The van der Waals surface area contributed by atoms with Crippen molar-refractivity contribution < 1.29 is 5.11 Å². The van der Waals surface area contributed by atoms with Crippen molar-refractivity contribution in [3.8, 4) is 0 Å². The predicted octanol–water partition coefficient (Wildman–Crippen LogP) is 4.25. The topological polar surface area (TPSA) is 26.7 Å². The molecule has 2 heterocycles. The van der Waals surface area contributed by atoms with Gasteiger partial charge >= 0.3 is 0 Å². The zero-order valence-electron chi connectivity index (χ0n) is 18.4. The molecule has 2 fully saturated rings. The van der Waals surface area contributed by atoms with E-state index in [1.165, 1.54) is 25.8 Å². The fourth-order valence-electron chi connectivity index (χ4n) is 6.31. The third-order valence-corrected chi connectivity index (χ3v) is 8.70. The van der Waals surface area contributed by atoms with Gasteiger partial charge in [0.15, 0.2) is 0 Å². The Morgan fingerprint density at radius 2 is 1.72 bits per heavy atom. The van der Waals surface area contributed by atoms with E-state index in [9.17, 15) is 5.11 Å². The molecule has 0 spiro atoms.